The number of nitrogens with one attached hydrogen (secondary N) is 2. The molecular weight excluding hydrogens is 394 g/mol. The Morgan fingerprint density at radius 3 is 2.45 bits per heavy atom. The summed E-state index contributed by atoms with van der Waals surface area (Å²) < 4.78 is 8.41. The molecule has 0 saturated heterocycles. The van der Waals surface area contributed by atoms with E-state index in [1.807, 2.05) is 54.6 Å². The highest BCUT2D eigenvalue weighted by molar-refractivity contribution is 5.73. The van der Waals surface area contributed by atoms with Gasteiger partial charge in [0.15, 0.2) is 5.82 Å². The van der Waals surface area contributed by atoms with Gasteiger partial charge in [-0.1, -0.05) is 30.3 Å². The van der Waals surface area contributed by atoms with E-state index in [0.717, 1.165) is 30.6 Å². The van der Waals surface area contributed by atoms with E-state index in [4.69, 9.17) is 4.74 Å². The Balaban J connectivity index is 1.34. The fraction of sp³-hybridized carbons (Fsp3) is 0.348. The van der Waals surface area contributed by atoms with E-state index in [-0.39, 0.29) is 17.8 Å². The quantitative estimate of drug-likeness (QED) is 0.556. The van der Waals surface area contributed by atoms with Gasteiger partial charge in [-0.05, 0) is 49.1 Å². The average Bonchev–Trinajstić information content (AvgIpc) is 3.58. The minimum atomic E-state index is -0.249. The number of hydrogen-bond acceptors (Lipinski definition) is 4. The van der Waals surface area contributed by atoms with E-state index >= 15 is 0 Å². The number of amides is 2. The van der Waals surface area contributed by atoms with Crippen molar-refractivity contribution in [3.8, 4) is 17.1 Å². The van der Waals surface area contributed by atoms with Gasteiger partial charge >= 0.3 is 11.7 Å². The Labute approximate surface area is 180 Å². The summed E-state index contributed by atoms with van der Waals surface area (Å²) in [5.74, 6) is 1.41. The molecule has 0 unspecified atom stereocenters. The van der Waals surface area contributed by atoms with E-state index in [9.17, 15) is 9.59 Å². The number of carbonyl (C=O) groups excluding carboxylic acids is 1. The van der Waals surface area contributed by atoms with Gasteiger partial charge in [0.1, 0.15) is 5.75 Å². The summed E-state index contributed by atoms with van der Waals surface area (Å²) in [6.07, 6.45) is 2.73. The Morgan fingerprint density at radius 2 is 1.77 bits per heavy atom. The summed E-state index contributed by atoms with van der Waals surface area (Å²) in [6, 6.07) is 17.5. The first kappa shape index (κ1) is 20.7. The molecule has 1 heterocycles. The molecule has 1 fully saturated rings. The van der Waals surface area contributed by atoms with Crippen molar-refractivity contribution in [1.29, 1.82) is 0 Å². The molecule has 2 aromatic carbocycles. The summed E-state index contributed by atoms with van der Waals surface area (Å²) in [4.78, 5) is 24.9. The maximum absolute atomic E-state index is 12.9. The zero-order valence-corrected chi connectivity index (χ0v) is 17.6. The molecule has 0 aliphatic heterocycles. The first-order valence-electron chi connectivity index (χ1n) is 10.5. The molecular formula is C23H27N5O3. The van der Waals surface area contributed by atoms with Crippen molar-refractivity contribution in [2.45, 2.75) is 31.8 Å². The molecule has 31 heavy (non-hydrogen) atoms. The van der Waals surface area contributed by atoms with Crippen LogP contribution in [0.15, 0.2) is 59.4 Å². The normalized spacial score (nSPS) is 13.1. The summed E-state index contributed by atoms with van der Waals surface area (Å²) in [6.45, 7) is 1.18. The summed E-state index contributed by atoms with van der Waals surface area (Å²) >= 11 is 0. The highest BCUT2D eigenvalue weighted by atomic mass is 16.5. The molecule has 162 valence electrons. The molecule has 2 amide bonds. The van der Waals surface area contributed by atoms with Crippen LogP contribution in [0.3, 0.4) is 0 Å². The van der Waals surface area contributed by atoms with Crippen LogP contribution >= 0.6 is 0 Å². The van der Waals surface area contributed by atoms with Crippen LogP contribution in [-0.2, 0) is 13.0 Å². The van der Waals surface area contributed by atoms with Crippen LogP contribution in [0.4, 0.5) is 4.79 Å². The van der Waals surface area contributed by atoms with Crippen molar-refractivity contribution >= 4 is 6.03 Å². The van der Waals surface area contributed by atoms with Crippen molar-refractivity contribution in [2.24, 2.45) is 0 Å². The zero-order valence-electron chi connectivity index (χ0n) is 17.6. The van der Waals surface area contributed by atoms with Crippen molar-refractivity contribution in [1.82, 2.24) is 25.0 Å². The largest absolute Gasteiger partial charge is 0.497 e. The van der Waals surface area contributed by atoms with Crippen molar-refractivity contribution in [2.75, 3.05) is 20.2 Å². The van der Waals surface area contributed by atoms with E-state index in [1.54, 1.807) is 11.7 Å². The van der Waals surface area contributed by atoms with Gasteiger partial charge in [-0.3, -0.25) is 4.57 Å². The molecule has 4 rings (SSSR count). The number of carbonyl (C=O) groups is 1. The Kier molecular flexibility index (Phi) is 6.35. The maximum Gasteiger partial charge on any atom is 0.346 e. The molecule has 0 radical (unpaired) electrons. The van der Waals surface area contributed by atoms with Gasteiger partial charge in [0.05, 0.1) is 13.7 Å². The maximum atomic E-state index is 12.9. The molecule has 0 bridgehead atoms. The predicted molar refractivity (Wildman–Crippen MR) is 118 cm³/mol. The van der Waals surface area contributed by atoms with Gasteiger partial charge < -0.3 is 15.4 Å². The smallest absolute Gasteiger partial charge is 0.346 e. The van der Waals surface area contributed by atoms with Crippen molar-refractivity contribution < 1.29 is 9.53 Å². The standard InChI is InChI=1S/C23H27N5O3/c1-31-20-11-7-18(8-12-20)21-26-27(23(30)28(21)19-9-10-19)16-15-25-22(29)24-14-13-17-5-3-2-4-6-17/h2-8,11-12,19H,9-10,13-16H2,1H3,(H2,24,25,29). The van der Waals surface area contributed by atoms with Gasteiger partial charge in [-0.25, -0.2) is 14.3 Å². The topological polar surface area (TPSA) is 90.2 Å². The third kappa shape index (κ3) is 5.14. The first-order chi connectivity index (χ1) is 15.2. The number of benzene rings is 2. The Hall–Kier alpha value is -3.55. The van der Waals surface area contributed by atoms with Crippen molar-refractivity contribution in [3.63, 3.8) is 0 Å². The van der Waals surface area contributed by atoms with Gasteiger partial charge in [0, 0.05) is 24.7 Å². The van der Waals surface area contributed by atoms with Gasteiger partial charge in [-0.2, -0.15) is 0 Å². The van der Waals surface area contributed by atoms with Crippen LogP contribution < -0.4 is 21.1 Å². The first-order valence-corrected chi connectivity index (χ1v) is 10.5. The number of aromatic nitrogens is 3. The molecule has 8 heteroatoms. The van der Waals surface area contributed by atoms with Crippen LogP contribution in [0.5, 0.6) is 5.75 Å². The van der Waals surface area contributed by atoms with E-state index in [1.165, 1.54) is 10.2 Å². The van der Waals surface area contributed by atoms with Crippen LogP contribution in [-0.4, -0.2) is 40.6 Å². The van der Waals surface area contributed by atoms with E-state index < -0.39 is 0 Å². The molecule has 1 aliphatic rings. The third-order valence-corrected chi connectivity index (χ3v) is 5.28. The Morgan fingerprint density at radius 1 is 1.06 bits per heavy atom. The lowest BCUT2D eigenvalue weighted by Gasteiger charge is -2.07. The van der Waals surface area contributed by atoms with Gasteiger partial charge in [0.2, 0.25) is 0 Å². The third-order valence-electron chi connectivity index (χ3n) is 5.28. The minimum Gasteiger partial charge on any atom is -0.497 e. The number of ether oxygens (including phenoxy) is 1. The molecule has 0 atom stereocenters. The lowest BCUT2D eigenvalue weighted by Crippen LogP contribution is -2.39. The molecule has 1 aromatic heterocycles. The van der Waals surface area contributed by atoms with E-state index in [0.29, 0.717) is 25.5 Å². The Bertz CT molecular complexity index is 1070. The number of urea groups is 1. The second-order valence-corrected chi connectivity index (χ2v) is 7.58. The summed E-state index contributed by atoms with van der Waals surface area (Å²) in [5, 5.41) is 10.2. The monoisotopic (exact) mass is 421 g/mol. The van der Waals surface area contributed by atoms with Crippen LogP contribution in [0.1, 0.15) is 24.4 Å². The summed E-state index contributed by atoms with van der Waals surface area (Å²) in [7, 11) is 1.62. The van der Waals surface area contributed by atoms with E-state index in [2.05, 4.69) is 15.7 Å². The van der Waals surface area contributed by atoms with Crippen molar-refractivity contribution in [3.05, 3.63) is 70.6 Å². The second-order valence-electron chi connectivity index (χ2n) is 7.58. The van der Waals surface area contributed by atoms with Gasteiger partial charge in [-0.15, -0.1) is 5.10 Å². The van der Waals surface area contributed by atoms with Gasteiger partial charge in [0.25, 0.3) is 0 Å². The SMILES string of the molecule is COc1ccc(-c2nn(CCNC(=O)NCCc3ccccc3)c(=O)n2C2CC2)cc1. The second kappa shape index (κ2) is 9.51. The fourth-order valence-electron chi connectivity index (χ4n) is 3.47. The van der Waals surface area contributed by atoms with Crippen LogP contribution in [0.2, 0.25) is 0 Å². The fourth-order valence-corrected chi connectivity index (χ4v) is 3.47. The summed E-state index contributed by atoms with van der Waals surface area (Å²) in [5.41, 5.74) is 1.90. The van der Waals surface area contributed by atoms with Crippen LogP contribution in [0.25, 0.3) is 11.4 Å². The number of methoxy groups -OCH3 is 1. The predicted octanol–water partition coefficient (Wildman–Crippen LogP) is 2.60. The molecule has 2 N–H and O–H groups in total. The number of hydrogen-bond donors (Lipinski definition) is 2. The molecule has 8 nitrogen and oxygen atoms in total. The lowest BCUT2D eigenvalue weighted by molar-refractivity contribution is 0.240. The highest BCUT2D eigenvalue weighted by Crippen LogP contribution is 2.36. The minimum absolute atomic E-state index is 0.139. The van der Waals surface area contributed by atoms with Crippen LogP contribution in [0, 0.1) is 0 Å². The average molecular weight is 422 g/mol. The highest BCUT2D eigenvalue weighted by Gasteiger charge is 2.30. The zero-order chi connectivity index (χ0) is 21.6. The molecule has 3 aromatic rings. The molecule has 1 saturated carbocycles. The number of rotatable bonds is 9. The lowest BCUT2D eigenvalue weighted by atomic mass is 10.1. The molecule has 1 aliphatic carbocycles. The molecule has 0 spiro atoms. The number of nitrogens with zero attached hydrogens (tertiary/aromatic N) is 3.